The quantitative estimate of drug-likeness (QED) is 0.818. The SMILES string of the molecule is Cl.Nc1ccccc1NC(=O)CCOC1CCOCC1. The number of carbonyl (C=O) groups excluding carboxylic acids is 1. The number of anilines is 2. The molecule has 1 heterocycles. The number of benzene rings is 1. The molecule has 1 saturated heterocycles. The highest BCUT2D eigenvalue weighted by atomic mass is 35.5. The lowest BCUT2D eigenvalue weighted by atomic mass is 10.1. The third kappa shape index (κ3) is 5.36. The van der Waals surface area contributed by atoms with Gasteiger partial charge in [-0.15, -0.1) is 12.4 Å². The van der Waals surface area contributed by atoms with Crippen LogP contribution in [0.1, 0.15) is 19.3 Å². The van der Waals surface area contributed by atoms with Crippen LogP contribution in [0.2, 0.25) is 0 Å². The molecule has 6 heteroatoms. The van der Waals surface area contributed by atoms with Crippen molar-refractivity contribution in [3.63, 3.8) is 0 Å². The van der Waals surface area contributed by atoms with Crippen LogP contribution >= 0.6 is 12.4 Å². The lowest BCUT2D eigenvalue weighted by Crippen LogP contribution is -2.25. The second-order valence-electron chi connectivity index (χ2n) is 4.57. The van der Waals surface area contributed by atoms with E-state index in [4.69, 9.17) is 15.2 Å². The summed E-state index contributed by atoms with van der Waals surface area (Å²) in [5.74, 6) is -0.0787. The predicted molar refractivity (Wildman–Crippen MR) is 81.1 cm³/mol. The first-order valence-corrected chi connectivity index (χ1v) is 6.59. The van der Waals surface area contributed by atoms with Crippen molar-refractivity contribution in [3.05, 3.63) is 24.3 Å². The zero-order chi connectivity index (χ0) is 13.5. The van der Waals surface area contributed by atoms with E-state index in [1.807, 2.05) is 12.1 Å². The van der Waals surface area contributed by atoms with Crippen molar-refractivity contribution >= 4 is 29.7 Å². The maximum Gasteiger partial charge on any atom is 0.226 e. The van der Waals surface area contributed by atoms with Gasteiger partial charge in [-0.25, -0.2) is 0 Å². The zero-order valence-corrected chi connectivity index (χ0v) is 12.2. The number of rotatable bonds is 5. The molecule has 2 rings (SSSR count). The molecule has 1 fully saturated rings. The van der Waals surface area contributed by atoms with Crippen molar-refractivity contribution in [3.8, 4) is 0 Å². The third-order valence-electron chi connectivity index (χ3n) is 3.09. The summed E-state index contributed by atoms with van der Waals surface area (Å²) < 4.78 is 10.9. The Morgan fingerprint density at radius 2 is 2.05 bits per heavy atom. The van der Waals surface area contributed by atoms with Crippen molar-refractivity contribution in [1.82, 2.24) is 0 Å². The monoisotopic (exact) mass is 300 g/mol. The number of nitrogens with one attached hydrogen (secondary N) is 1. The molecule has 112 valence electrons. The van der Waals surface area contributed by atoms with E-state index in [1.54, 1.807) is 12.1 Å². The molecule has 3 N–H and O–H groups in total. The van der Waals surface area contributed by atoms with Gasteiger partial charge in [0.05, 0.1) is 30.5 Å². The Bertz CT molecular complexity index is 423. The summed E-state index contributed by atoms with van der Waals surface area (Å²) >= 11 is 0. The fourth-order valence-corrected chi connectivity index (χ4v) is 1.98. The van der Waals surface area contributed by atoms with Crippen LogP contribution in [0.5, 0.6) is 0 Å². The molecule has 1 aliphatic heterocycles. The molecular formula is C14H21ClN2O3. The highest BCUT2D eigenvalue weighted by molar-refractivity contribution is 5.93. The standard InChI is InChI=1S/C14H20N2O3.ClH/c15-12-3-1-2-4-13(12)16-14(17)7-10-19-11-5-8-18-9-6-11;/h1-4,11H,5-10,15H2,(H,16,17);1H. The minimum Gasteiger partial charge on any atom is -0.397 e. The molecular weight excluding hydrogens is 280 g/mol. The minimum atomic E-state index is -0.0787. The second kappa shape index (κ2) is 8.79. The average molecular weight is 301 g/mol. The van der Waals surface area contributed by atoms with Gasteiger partial charge in [0.1, 0.15) is 0 Å². The maximum atomic E-state index is 11.7. The summed E-state index contributed by atoms with van der Waals surface area (Å²) in [6.45, 7) is 1.93. The Morgan fingerprint density at radius 3 is 2.75 bits per heavy atom. The van der Waals surface area contributed by atoms with E-state index in [0.717, 1.165) is 26.1 Å². The molecule has 0 saturated carbocycles. The molecule has 20 heavy (non-hydrogen) atoms. The zero-order valence-electron chi connectivity index (χ0n) is 11.3. The number of carbonyl (C=O) groups is 1. The normalized spacial score (nSPS) is 15.4. The van der Waals surface area contributed by atoms with Crippen molar-refractivity contribution in [2.45, 2.75) is 25.4 Å². The Balaban J connectivity index is 0.00000200. The van der Waals surface area contributed by atoms with Gasteiger partial charge in [-0.1, -0.05) is 12.1 Å². The van der Waals surface area contributed by atoms with Crippen molar-refractivity contribution in [2.24, 2.45) is 0 Å². The first-order chi connectivity index (χ1) is 9.25. The number of hydrogen-bond donors (Lipinski definition) is 2. The summed E-state index contributed by atoms with van der Waals surface area (Å²) in [4.78, 5) is 11.7. The van der Waals surface area contributed by atoms with Crippen LogP contribution in [0.3, 0.4) is 0 Å². The lowest BCUT2D eigenvalue weighted by Gasteiger charge is -2.22. The Morgan fingerprint density at radius 1 is 1.35 bits per heavy atom. The van der Waals surface area contributed by atoms with E-state index >= 15 is 0 Å². The van der Waals surface area contributed by atoms with Crippen LogP contribution in [0.25, 0.3) is 0 Å². The van der Waals surface area contributed by atoms with Gasteiger partial charge in [0, 0.05) is 13.2 Å². The number of amides is 1. The van der Waals surface area contributed by atoms with E-state index in [9.17, 15) is 4.79 Å². The molecule has 0 unspecified atom stereocenters. The molecule has 1 aromatic rings. The molecule has 5 nitrogen and oxygen atoms in total. The summed E-state index contributed by atoms with van der Waals surface area (Å²) in [5.41, 5.74) is 6.98. The molecule has 0 aromatic heterocycles. The molecule has 0 bridgehead atoms. The van der Waals surface area contributed by atoms with Gasteiger partial charge >= 0.3 is 0 Å². The second-order valence-corrected chi connectivity index (χ2v) is 4.57. The molecule has 0 aliphatic carbocycles. The smallest absolute Gasteiger partial charge is 0.226 e. The van der Waals surface area contributed by atoms with Crippen molar-refractivity contribution < 1.29 is 14.3 Å². The molecule has 0 radical (unpaired) electrons. The molecule has 0 spiro atoms. The highest BCUT2D eigenvalue weighted by Gasteiger charge is 2.14. The number of para-hydroxylation sites is 2. The van der Waals surface area contributed by atoms with Crippen LogP contribution in [-0.2, 0) is 14.3 Å². The lowest BCUT2D eigenvalue weighted by molar-refractivity contribution is -0.118. The van der Waals surface area contributed by atoms with E-state index < -0.39 is 0 Å². The highest BCUT2D eigenvalue weighted by Crippen LogP contribution is 2.17. The van der Waals surface area contributed by atoms with E-state index in [-0.39, 0.29) is 24.4 Å². The first kappa shape index (κ1) is 16.8. The van der Waals surface area contributed by atoms with Gasteiger partial charge in [-0.3, -0.25) is 4.79 Å². The minimum absolute atomic E-state index is 0. The van der Waals surface area contributed by atoms with Crippen LogP contribution < -0.4 is 11.1 Å². The van der Waals surface area contributed by atoms with Crippen LogP contribution in [0, 0.1) is 0 Å². The van der Waals surface area contributed by atoms with Crippen molar-refractivity contribution in [2.75, 3.05) is 30.9 Å². The van der Waals surface area contributed by atoms with E-state index in [0.29, 0.717) is 24.4 Å². The Hall–Kier alpha value is -1.30. The fraction of sp³-hybridized carbons (Fsp3) is 0.500. The maximum absolute atomic E-state index is 11.7. The largest absolute Gasteiger partial charge is 0.397 e. The Kier molecular flexibility index (Phi) is 7.36. The topological polar surface area (TPSA) is 73.6 Å². The number of halogens is 1. The first-order valence-electron chi connectivity index (χ1n) is 6.59. The summed E-state index contributed by atoms with van der Waals surface area (Å²) in [6, 6.07) is 7.21. The van der Waals surface area contributed by atoms with Gasteiger partial charge in [-0.05, 0) is 25.0 Å². The van der Waals surface area contributed by atoms with Crippen LogP contribution in [0.4, 0.5) is 11.4 Å². The van der Waals surface area contributed by atoms with Gasteiger partial charge < -0.3 is 20.5 Å². The van der Waals surface area contributed by atoms with Gasteiger partial charge in [0.2, 0.25) is 5.91 Å². The van der Waals surface area contributed by atoms with E-state index in [2.05, 4.69) is 5.32 Å². The van der Waals surface area contributed by atoms with Crippen LogP contribution in [-0.4, -0.2) is 31.8 Å². The molecule has 1 amide bonds. The molecule has 0 atom stereocenters. The predicted octanol–water partition coefficient (Wildman–Crippen LogP) is 2.21. The van der Waals surface area contributed by atoms with Gasteiger partial charge in [0.15, 0.2) is 0 Å². The fourth-order valence-electron chi connectivity index (χ4n) is 1.98. The molecule has 1 aromatic carbocycles. The van der Waals surface area contributed by atoms with Gasteiger partial charge in [0.25, 0.3) is 0 Å². The van der Waals surface area contributed by atoms with Gasteiger partial charge in [-0.2, -0.15) is 0 Å². The summed E-state index contributed by atoms with van der Waals surface area (Å²) in [5, 5.41) is 2.78. The molecule has 1 aliphatic rings. The number of hydrogen-bond acceptors (Lipinski definition) is 4. The summed E-state index contributed by atoms with van der Waals surface area (Å²) in [7, 11) is 0. The third-order valence-corrected chi connectivity index (χ3v) is 3.09. The van der Waals surface area contributed by atoms with Crippen LogP contribution in [0.15, 0.2) is 24.3 Å². The number of nitrogen functional groups attached to an aromatic ring is 1. The number of ether oxygens (including phenoxy) is 2. The summed E-state index contributed by atoms with van der Waals surface area (Å²) in [6.07, 6.45) is 2.38. The van der Waals surface area contributed by atoms with E-state index in [1.165, 1.54) is 0 Å². The average Bonchev–Trinajstić information content (AvgIpc) is 2.43. The number of nitrogens with two attached hydrogens (primary N) is 1. The Labute approximate surface area is 125 Å². The van der Waals surface area contributed by atoms with Crippen molar-refractivity contribution in [1.29, 1.82) is 0 Å².